The molecule has 6 rings (SSSR count). The van der Waals surface area contributed by atoms with Gasteiger partial charge >= 0.3 is 0 Å². The summed E-state index contributed by atoms with van der Waals surface area (Å²) < 4.78 is 35.4. The zero-order valence-corrected chi connectivity index (χ0v) is 19.0. The maximum atomic E-state index is 14.0. The first kappa shape index (κ1) is 20.6. The summed E-state index contributed by atoms with van der Waals surface area (Å²) in [6, 6.07) is 12.8. The fourth-order valence-corrected chi connectivity index (χ4v) is 5.32. The molecule has 6 nitrogen and oxygen atoms in total. The van der Waals surface area contributed by atoms with Crippen molar-refractivity contribution in [1.82, 2.24) is 24.6 Å². The van der Waals surface area contributed by atoms with Gasteiger partial charge in [0, 0.05) is 28.3 Å². The van der Waals surface area contributed by atoms with Crippen LogP contribution in [0.25, 0.3) is 37.5 Å². The second-order valence-electron chi connectivity index (χ2n) is 8.01. The first-order chi connectivity index (χ1) is 16.5. The topological polar surface area (TPSA) is 65.2 Å². The molecule has 0 aliphatic heterocycles. The molecule has 0 fully saturated rings. The molecule has 0 aliphatic rings. The van der Waals surface area contributed by atoms with Crippen LogP contribution < -0.4 is 4.74 Å². The molecule has 2 aromatic carbocycles. The summed E-state index contributed by atoms with van der Waals surface area (Å²) in [5, 5.41) is 5.67. The molecule has 0 atom stereocenters. The first-order valence-corrected chi connectivity index (χ1v) is 11.4. The van der Waals surface area contributed by atoms with Gasteiger partial charge in [0.05, 0.1) is 5.52 Å². The van der Waals surface area contributed by atoms with Crippen LogP contribution in [0.2, 0.25) is 0 Å². The van der Waals surface area contributed by atoms with Gasteiger partial charge in [-0.15, -0.1) is 16.4 Å². The number of halogens is 2. The van der Waals surface area contributed by atoms with Crippen LogP contribution in [-0.2, 0) is 6.61 Å². The fourth-order valence-electron chi connectivity index (χ4n) is 4.09. The second-order valence-corrected chi connectivity index (χ2v) is 9.01. The third-order valence-corrected chi connectivity index (χ3v) is 6.70. The predicted molar refractivity (Wildman–Crippen MR) is 127 cm³/mol. The van der Waals surface area contributed by atoms with Gasteiger partial charge in [-0.25, -0.2) is 28.2 Å². The van der Waals surface area contributed by atoms with E-state index in [9.17, 15) is 8.78 Å². The number of aryl methyl sites for hydroxylation is 2. The van der Waals surface area contributed by atoms with Crippen molar-refractivity contribution in [1.29, 1.82) is 0 Å². The van der Waals surface area contributed by atoms with E-state index in [-0.39, 0.29) is 12.4 Å². The van der Waals surface area contributed by atoms with E-state index >= 15 is 0 Å². The van der Waals surface area contributed by atoms with E-state index in [0.717, 1.165) is 55.0 Å². The molecule has 0 saturated carbocycles. The number of rotatable bonds is 4. The zero-order chi connectivity index (χ0) is 23.4. The van der Waals surface area contributed by atoms with Crippen molar-refractivity contribution in [2.24, 2.45) is 0 Å². The van der Waals surface area contributed by atoms with Crippen LogP contribution in [0.15, 0.2) is 54.9 Å². The van der Waals surface area contributed by atoms with Gasteiger partial charge in [-0.1, -0.05) is 24.3 Å². The number of hydrogen-bond acceptors (Lipinski definition) is 6. The Hall–Kier alpha value is -3.98. The van der Waals surface area contributed by atoms with Gasteiger partial charge in [-0.3, -0.25) is 0 Å². The van der Waals surface area contributed by atoms with E-state index in [4.69, 9.17) is 9.72 Å². The average Bonchev–Trinajstić information content (AvgIpc) is 3.40. The Morgan fingerprint density at radius 1 is 1.03 bits per heavy atom. The summed E-state index contributed by atoms with van der Waals surface area (Å²) in [6.45, 7) is 4.11. The number of nitrogens with zero attached hydrogens (tertiary/aromatic N) is 5. The van der Waals surface area contributed by atoms with Crippen LogP contribution in [0.4, 0.5) is 8.78 Å². The molecule has 4 heterocycles. The third kappa shape index (κ3) is 3.36. The van der Waals surface area contributed by atoms with Crippen molar-refractivity contribution >= 4 is 37.4 Å². The van der Waals surface area contributed by atoms with E-state index in [1.165, 1.54) is 6.07 Å². The molecule has 0 aliphatic carbocycles. The number of aromatic nitrogens is 5. The third-order valence-electron chi connectivity index (χ3n) is 5.63. The minimum Gasteiger partial charge on any atom is -0.486 e. The van der Waals surface area contributed by atoms with Crippen LogP contribution in [0.5, 0.6) is 5.75 Å². The van der Waals surface area contributed by atoms with Gasteiger partial charge < -0.3 is 4.74 Å². The highest BCUT2D eigenvalue weighted by Crippen LogP contribution is 2.36. The molecule has 34 heavy (non-hydrogen) atoms. The largest absolute Gasteiger partial charge is 0.486 e. The highest BCUT2D eigenvalue weighted by molar-refractivity contribution is 7.26. The predicted octanol–water partition coefficient (Wildman–Crippen LogP) is 6.03. The lowest BCUT2D eigenvalue weighted by Crippen LogP contribution is -2.00. The zero-order valence-electron chi connectivity index (χ0n) is 18.2. The summed E-state index contributed by atoms with van der Waals surface area (Å²) in [5.74, 6) is -0.915. The molecule has 6 aromatic rings. The van der Waals surface area contributed by atoms with Crippen molar-refractivity contribution in [2.45, 2.75) is 20.5 Å². The lowest BCUT2D eigenvalue weighted by molar-refractivity contribution is 0.289. The Morgan fingerprint density at radius 2 is 1.88 bits per heavy atom. The molecular weight excluding hydrogens is 456 g/mol. The SMILES string of the molecule is Cc1cc(C)c2c(n1)sc1c2ncn2nc(-c3ccccc3COc3ccc(F)cc3F)nc12. The minimum absolute atomic E-state index is 0.0199. The van der Waals surface area contributed by atoms with Gasteiger partial charge in [-0.05, 0) is 37.6 Å². The van der Waals surface area contributed by atoms with Crippen molar-refractivity contribution in [3.63, 3.8) is 0 Å². The first-order valence-electron chi connectivity index (χ1n) is 10.6. The van der Waals surface area contributed by atoms with Gasteiger partial charge in [0.1, 0.15) is 28.3 Å². The van der Waals surface area contributed by atoms with E-state index in [1.54, 1.807) is 22.2 Å². The van der Waals surface area contributed by atoms with E-state index in [2.05, 4.69) is 28.1 Å². The lowest BCUT2D eigenvalue weighted by atomic mass is 10.1. The molecule has 4 aromatic heterocycles. The standard InChI is InChI=1S/C25H17F2N5OS/c1-13-9-14(2)29-25-20(13)21-22(34-25)24-30-23(31-32(24)12-28-21)17-6-4-3-5-15(17)11-33-19-8-7-16(26)10-18(19)27/h3-10,12H,11H2,1-2H3. The molecule has 0 spiro atoms. The van der Waals surface area contributed by atoms with Gasteiger partial charge in [0.15, 0.2) is 23.0 Å². The molecule has 0 bridgehead atoms. The van der Waals surface area contributed by atoms with Crippen LogP contribution in [-0.4, -0.2) is 24.6 Å². The monoisotopic (exact) mass is 473 g/mol. The smallest absolute Gasteiger partial charge is 0.182 e. The summed E-state index contributed by atoms with van der Waals surface area (Å²) in [4.78, 5) is 15.1. The second kappa shape index (κ2) is 7.81. The van der Waals surface area contributed by atoms with Crippen LogP contribution in [0.1, 0.15) is 16.8 Å². The van der Waals surface area contributed by atoms with E-state index in [1.807, 2.05) is 31.2 Å². The van der Waals surface area contributed by atoms with Crippen molar-refractivity contribution < 1.29 is 13.5 Å². The number of thiophene rings is 1. The maximum Gasteiger partial charge on any atom is 0.182 e. The van der Waals surface area contributed by atoms with Crippen molar-refractivity contribution in [2.75, 3.05) is 0 Å². The molecule has 0 unspecified atom stereocenters. The lowest BCUT2D eigenvalue weighted by Gasteiger charge is -2.10. The molecule has 0 radical (unpaired) electrons. The average molecular weight is 474 g/mol. The molecule has 0 amide bonds. The van der Waals surface area contributed by atoms with Crippen LogP contribution >= 0.6 is 11.3 Å². The molecule has 0 saturated heterocycles. The molecule has 9 heteroatoms. The van der Waals surface area contributed by atoms with Crippen LogP contribution in [0.3, 0.4) is 0 Å². The Labute approximate surface area is 196 Å². The van der Waals surface area contributed by atoms with Crippen LogP contribution in [0, 0.1) is 25.5 Å². The van der Waals surface area contributed by atoms with Gasteiger partial charge in [0.25, 0.3) is 0 Å². The quantitative estimate of drug-likeness (QED) is 0.313. The molecule has 168 valence electrons. The van der Waals surface area contributed by atoms with Crippen molar-refractivity contribution in [3.8, 4) is 17.1 Å². The number of ether oxygens (including phenoxy) is 1. The highest BCUT2D eigenvalue weighted by Gasteiger charge is 2.18. The van der Waals surface area contributed by atoms with Gasteiger partial charge in [-0.2, -0.15) is 0 Å². The maximum absolute atomic E-state index is 14.0. The Kier molecular flexibility index (Phi) is 4.73. The van der Waals surface area contributed by atoms with E-state index in [0.29, 0.717) is 11.5 Å². The molecular formula is C25H17F2N5OS. The Bertz CT molecular complexity index is 1730. The summed E-state index contributed by atoms with van der Waals surface area (Å²) in [6.07, 6.45) is 1.66. The number of benzene rings is 2. The van der Waals surface area contributed by atoms with Crippen molar-refractivity contribution in [3.05, 3.63) is 83.3 Å². The van der Waals surface area contributed by atoms with Gasteiger partial charge in [0.2, 0.25) is 0 Å². The summed E-state index contributed by atoms with van der Waals surface area (Å²) in [5.41, 5.74) is 5.17. The normalized spacial score (nSPS) is 11.6. The Morgan fingerprint density at radius 3 is 2.74 bits per heavy atom. The summed E-state index contributed by atoms with van der Waals surface area (Å²) in [7, 11) is 0. The fraction of sp³-hybridized carbons (Fsp3) is 0.120. The van der Waals surface area contributed by atoms with E-state index < -0.39 is 11.6 Å². The summed E-state index contributed by atoms with van der Waals surface area (Å²) >= 11 is 1.55. The minimum atomic E-state index is -0.749. The number of hydrogen-bond donors (Lipinski definition) is 0. The number of fused-ring (bicyclic) bond motifs is 5. The highest BCUT2D eigenvalue weighted by atomic mass is 32.1. The Balaban J connectivity index is 1.43. The number of pyridine rings is 1. The molecule has 0 N–H and O–H groups in total.